The van der Waals surface area contributed by atoms with Crippen LogP contribution in [0, 0.1) is 0 Å². The second kappa shape index (κ2) is 11.5. The van der Waals surface area contributed by atoms with Gasteiger partial charge in [0, 0.05) is 49.7 Å². The van der Waals surface area contributed by atoms with Crippen molar-refractivity contribution in [3.8, 4) is 0 Å². The van der Waals surface area contributed by atoms with Crippen molar-refractivity contribution in [3.05, 3.63) is 83.4 Å². The van der Waals surface area contributed by atoms with Gasteiger partial charge in [0.1, 0.15) is 11.2 Å². The van der Waals surface area contributed by atoms with Gasteiger partial charge in [0.05, 0.1) is 6.10 Å². The summed E-state index contributed by atoms with van der Waals surface area (Å²) in [6.07, 6.45) is 1.53. The Morgan fingerprint density at radius 1 is 0.897 bits per heavy atom. The molecule has 1 heterocycles. The minimum Gasteiger partial charge on any atom is -0.456 e. The predicted octanol–water partition coefficient (Wildman–Crippen LogP) is 8.33. The van der Waals surface area contributed by atoms with E-state index in [1.165, 1.54) is 0 Å². The summed E-state index contributed by atoms with van der Waals surface area (Å²) in [7, 11) is 1.36. The molecule has 6 heteroatoms. The molecule has 0 aliphatic carbocycles. The number of amides is 1. The minimum atomic E-state index is -2.12. The Labute approximate surface area is 233 Å². The Morgan fingerprint density at radius 3 is 2.23 bits per heavy atom. The van der Waals surface area contributed by atoms with Crippen LogP contribution in [0.15, 0.2) is 71.1 Å². The molecule has 0 saturated heterocycles. The SMILES string of the molecule is CN(C)C(=O)CCCC(=O)c1c(CC(O[Si](C)(C)C(C)(C)C)c2ccccc2)ccc2oc3ccccc3c12. The molecule has 39 heavy (non-hydrogen) atoms. The summed E-state index contributed by atoms with van der Waals surface area (Å²) in [5.41, 5.74) is 4.21. The van der Waals surface area contributed by atoms with Gasteiger partial charge < -0.3 is 13.7 Å². The molecule has 5 nitrogen and oxygen atoms in total. The lowest BCUT2D eigenvalue weighted by molar-refractivity contribution is -0.128. The van der Waals surface area contributed by atoms with Crippen molar-refractivity contribution in [3.63, 3.8) is 0 Å². The molecule has 1 amide bonds. The first-order valence-electron chi connectivity index (χ1n) is 13.8. The fourth-order valence-electron chi connectivity index (χ4n) is 4.72. The van der Waals surface area contributed by atoms with Crippen LogP contribution in [0.1, 0.15) is 67.6 Å². The van der Waals surface area contributed by atoms with E-state index in [9.17, 15) is 9.59 Å². The second-order valence-corrected chi connectivity index (χ2v) is 16.9. The average molecular weight is 544 g/mol. The Balaban J connectivity index is 1.79. The van der Waals surface area contributed by atoms with Gasteiger partial charge in [-0.3, -0.25) is 9.59 Å². The van der Waals surface area contributed by atoms with Crippen LogP contribution in [-0.4, -0.2) is 39.0 Å². The summed E-state index contributed by atoms with van der Waals surface area (Å²) in [6.45, 7) is 11.3. The zero-order chi connectivity index (χ0) is 28.4. The fourth-order valence-corrected chi connectivity index (χ4v) is 6.01. The molecule has 3 aromatic carbocycles. The van der Waals surface area contributed by atoms with Crippen molar-refractivity contribution in [2.24, 2.45) is 0 Å². The number of Topliss-reactive ketones (excluding diaryl/α,β-unsaturated/α-hetero) is 1. The first-order valence-corrected chi connectivity index (χ1v) is 16.7. The van der Waals surface area contributed by atoms with Gasteiger partial charge >= 0.3 is 0 Å². The highest BCUT2D eigenvalue weighted by atomic mass is 28.4. The van der Waals surface area contributed by atoms with Crippen molar-refractivity contribution in [2.75, 3.05) is 14.1 Å². The number of carbonyl (C=O) groups excluding carboxylic acids is 2. The van der Waals surface area contributed by atoms with E-state index in [4.69, 9.17) is 8.84 Å². The van der Waals surface area contributed by atoms with Crippen molar-refractivity contribution >= 4 is 41.9 Å². The smallest absolute Gasteiger partial charge is 0.222 e. The van der Waals surface area contributed by atoms with Crippen molar-refractivity contribution < 1.29 is 18.4 Å². The van der Waals surface area contributed by atoms with Gasteiger partial charge in [0.15, 0.2) is 14.1 Å². The van der Waals surface area contributed by atoms with Gasteiger partial charge in [-0.1, -0.05) is 75.4 Å². The van der Waals surface area contributed by atoms with Crippen molar-refractivity contribution in [1.29, 1.82) is 0 Å². The molecule has 0 fully saturated rings. The van der Waals surface area contributed by atoms with Crippen LogP contribution in [0.4, 0.5) is 0 Å². The maximum Gasteiger partial charge on any atom is 0.222 e. The lowest BCUT2D eigenvalue weighted by atomic mass is 9.90. The van der Waals surface area contributed by atoms with Crippen LogP contribution in [0.25, 0.3) is 21.9 Å². The molecule has 0 saturated carbocycles. The fraction of sp³-hybridized carbons (Fsp3) is 0.394. The Kier molecular flexibility index (Phi) is 8.47. The molecule has 1 aromatic heterocycles. The summed E-state index contributed by atoms with van der Waals surface area (Å²) in [6, 6.07) is 22.2. The van der Waals surface area contributed by atoms with E-state index in [-0.39, 0.29) is 22.8 Å². The molecule has 0 N–H and O–H groups in total. The number of rotatable bonds is 10. The lowest BCUT2D eigenvalue weighted by Gasteiger charge is -2.39. The standard InChI is InChI=1S/C33H41NO4Si/c1-33(2,3)39(6,7)38-29(23-14-9-8-10-15-23)22-24-20-21-28-32(25-16-11-12-18-27(25)37-28)31(24)26(35)17-13-19-30(36)34(4)5/h8-12,14-16,18,20-21,29H,13,17,19,22H2,1-7H3. The molecule has 0 bridgehead atoms. The molecular weight excluding hydrogens is 502 g/mol. The van der Waals surface area contributed by atoms with Gasteiger partial charge in [-0.15, -0.1) is 0 Å². The van der Waals surface area contributed by atoms with Crippen LogP contribution in [0.5, 0.6) is 0 Å². The molecule has 0 spiro atoms. The van der Waals surface area contributed by atoms with Crippen LogP contribution in [0.3, 0.4) is 0 Å². The van der Waals surface area contributed by atoms with Crippen LogP contribution >= 0.6 is 0 Å². The van der Waals surface area contributed by atoms with Gasteiger partial charge in [0.2, 0.25) is 5.91 Å². The molecule has 4 aromatic rings. The van der Waals surface area contributed by atoms with E-state index in [0.717, 1.165) is 27.5 Å². The van der Waals surface area contributed by atoms with E-state index in [0.29, 0.717) is 36.8 Å². The number of fused-ring (bicyclic) bond motifs is 3. The number of hydrogen-bond donors (Lipinski definition) is 0. The number of furan rings is 1. The molecule has 206 valence electrons. The largest absolute Gasteiger partial charge is 0.456 e. The highest BCUT2D eigenvalue weighted by Gasteiger charge is 2.39. The molecule has 1 unspecified atom stereocenters. The van der Waals surface area contributed by atoms with Gasteiger partial charge in [-0.2, -0.15) is 0 Å². The summed E-state index contributed by atoms with van der Waals surface area (Å²) < 4.78 is 13.2. The first-order chi connectivity index (χ1) is 18.4. The lowest BCUT2D eigenvalue weighted by Crippen LogP contribution is -2.42. The maximum absolute atomic E-state index is 13.9. The zero-order valence-electron chi connectivity index (χ0n) is 24.3. The topological polar surface area (TPSA) is 59.8 Å². The van der Waals surface area contributed by atoms with Gasteiger partial charge in [-0.05, 0) is 47.8 Å². The normalized spacial score (nSPS) is 13.1. The van der Waals surface area contributed by atoms with Gasteiger partial charge in [0.25, 0.3) is 0 Å². The zero-order valence-corrected chi connectivity index (χ0v) is 25.3. The molecule has 0 radical (unpaired) electrons. The summed E-state index contributed by atoms with van der Waals surface area (Å²) in [5, 5.41) is 1.83. The number of benzene rings is 3. The van der Waals surface area contributed by atoms with E-state index in [1.807, 2.05) is 54.6 Å². The Morgan fingerprint density at radius 2 is 1.56 bits per heavy atom. The van der Waals surface area contributed by atoms with Crippen molar-refractivity contribution in [2.45, 2.75) is 70.7 Å². The van der Waals surface area contributed by atoms with E-state index in [2.05, 4.69) is 46.0 Å². The number of carbonyl (C=O) groups is 2. The Hall–Kier alpha value is -3.22. The third-order valence-corrected chi connectivity index (χ3v) is 12.5. The summed E-state index contributed by atoms with van der Waals surface area (Å²) in [4.78, 5) is 27.7. The third-order valence-electron chi connectivity index (χ3n) is 8.02. The molecule has 0 aliphatic rings. The highest BCUT2D eigenvalue weighted by Crippen LogP contribution is 2.42. The average Bonchev–Trinajstić information content (AvgIpc) is 3.26. The summed E-state index contributed by atoms with van der Waals surface area (Å²) in [5.74, 6) is 0.0646. The molecular formula is C33H41NO4Si. The number of ketones is 1. The maximum atomic E-state index is 13.9. The van der Waals surface area contributed by atoms with E-state index >= 15 is 0 Å². The predicted molar refractivity (Wildman–Crippen MR) is 162 cm³/mol. The minimum absolute atomic E-state index is 0.0295. The monoisotopic (exact) mass is 543 g/mol. The molecule has 0 aliphatic heterocycles. The third kappa shape index (κ3) is 6.34. The van der Waals surface area contributed by atoms with Gasteiger partial charge in [-0.25, -0.2) is 0 Å². The van der Waals surface area contributed by atoms with Crippen molar-refractivity contribution in [1.82, 2.24) is 4.90 Å². The van der Waals surface area contributed by atoms with Crippen LogP contribution in [0.2, 0.25) is 18.1 Å². The quantitative estimate of drug-likeness (QED) is 0.149. The number of para-hydroxylation sites is 1. The van der Waals surface area contributed by atoms with Crippen LogP contribution in [-0.2, 0) is 15.6 Å². The Bertz CT molecular complexity index is 1460. The van der Waals surface area contributed by atoms with E-state index < -0.39 is 8.32 Å². The number of nitrogens with zero attached hydrogens (tertiary/aromatic N) is 1. The first kappa shape index (κ1) is 28.8. The van der Waals surface area contributed by atoms with Crippen LogP contribution < -0.4 is 0 Å². The molecule has 1 atom stereocenters. The number of hydrogen-bond acceptors (Lipinski definition) is 4. The highest BCUT2D eigenvalue weighted by molar-refractivity contribution is 6.74. The molecule has 4 rings (SSSR count). The van der Waals surface area contributed by atoms with E-state index in [1.54, 1.807) is 19.0 Å². The second-order valence-electron chi connectivity index (χ2n) is 12.1. The summed E-state index contributed by atoms with van der Waals surface area (Å²) >= 11 is 0.